The van der Waals surface area contributed by atoms with Crippen LogP contribution < -0.4 is 5.32 Å². The van der Waals surface area contributed by atoms with Gasteiger partial charge in [-0.05, 0) is 42.8 Å². The maximum atomic E-state index is 9.42. The number of rotatable bonds is 4. The van der Waals surface area contributed by atoms with Crippen LogP contribution in [0.15, 0.2) is 0 Å². The van der Waals surface area contributed by atoms with E-state index in [0.29, 0.717) is 17.4 Å². The highest BCUT2D eigenvalue weighted by atomic mass is 32.2. The molecule has 1 fully saturated rings. The molecule has 1 aromatic rings. The predicted octanol–water partition coefficient (Wildman–Crippen LogP) is 2.78. The molecule has 0 aliphatic carbocycles. The summed E-state index contributed by atoms with van der Waals surface area (Å²) in [5, 5.41) is 21.3. The van der Waals surface area contributed by atoms with E-state index in [1.165, 1.54) is 11.5 Å². The van der Waals surface area contributed by atoms with Gasteiger partial charge in [0.2, 0.25) is 0 Å². The summed E-state index contributed by atoms with van der Waals surface area (Å²) in [7, 11) is 0. The van der Waals surface area contributed by atoms with Gasteiger partial charge in [-0.25, -0.2) is 0 Å². The Labute approximate surface area is 119 Å². The third-order valence-electron chi connectivity index (χ3n) is 3.52. The maximum absolute atomic E-state index is 9.42. The first kappa shape index (κ1) is 14.1. The minimum absolute atomic E-state index is 0.430. The average Bonchev–Trinajstić information content (AvgIpc) is 2.47. The van der Waals surface area contributed by atoms with Crippen LogP contribution in [-0.4, -0.2) is 27.7 Å². The Morgan fingerprint density at radius 2 is 2.00 bits per heavy atom. The quantitative estimate of drug-likeness (QED) is 0.916. The van der Waals surface area contributed by atoms with E-state index in [1.807, 2.05) is 11.8 Å². The van der Waals surface area contributed by atoms with Gasteiger partial charge in [-0.1, -0.05) is 13.8 Å². The minimum Gasteiger partial charge on any atom is -0.365 e. The van der Waals surface area contributed by atoms with Crippen LogP contribution in [0.5, 0.6) is 0 Å². The van der Waals surface area contributed by atoms with Gasteiger partial charge in [-0.2, -0.15) is 22.1 Å². The van der Waals surface area contributed by atoms with Gasteiger partial charge in [-0.15, -0.1) is 5.10 Å². The number of aryl methyl sites for hydroxylation is 1. The lowest BCUT2D eigenvalue weighted by molar-refractivity contribution is 0.660. The van der Waals surface area contributed by atoms with E-state index in [1.54, 1.807) is 0 Å². The van der Waals surface area contributed by atoms with Crippen molar-refractivity contribution in [3.8, 4) is 6.07 Å². The summed E-state index contributed by atoms with van der Waals surface area (Å²) in [5.41, 5.74) is 2.68. The van der Waals surface area contributed by atoms with E-state index < -0.39 is 0 Å². The monoisotopic (exact) mass is 276 g/mol. The zero-order valence-electron chi connectivity index (χ0n) is 11.6. The molecule has 0 aromatic carbocycles. The molecule has 19 heavy (non-hydrogen) atoms. The molecular formula is C14H20N4S. The van der Waals surface area contributed by atoms with Crippen molar-refractivity contribution in [2.75, 3.05) is 16.8 Å². The standard InChI is InChI=1S/C14H20N4S/c1-3-11-12(9-15)14(18-17-13(11)4-2)16-10-5-7-19-8-6-10/h10H,3-8H2,1-2H3,(H,16,18). The van der Waals surface area contributed by atoms with Crippen molar-refractivity contribution >= 4 is 17.6 Å². The minimum atomic E-state index is 0.430. The lowest BCUT2D eigenvalue weighted by atomic mass is 10.0. The molecule has 2 rings (SSSR count). The molecule has 0 atom stereocenters. The number of hydrogen-bond donors (Lipinski definition) is 1. The highest BCUT2D eigenvalue weighted by Gasteiger charge is 2.19. The van der Waals surface area contributed by atoms with E-state index in [4.69, 9.17) is 0 Å². The van der Waals surface area contributed by atoms with Crippen molar-refractivity contribution < 1.29 is 0 Å². The summed E-state index contributed by atoms with van der Waals surface area (Å²) in [5.74, 6) is 3.04. The molecule has 5 heteroatoms. The topological polar surface area (TPSA) is 61.6 Å². The van der Waals surface area contributed by atoms with Crippen LogP contribution in [0, 0.1) is 11.3 Å². The van der Waals surface area contributed by atoms with Crippen molar-refractivity contribution in [2.45, 2.75) is 45.6 Å². The number of thioether (sulfide) groups is 1. The van der Waals surface area contributed by atoms with Crippen molar-refractivity contribution in [1.82, 2.24) is 10.2 Å². The highest BCUT2D eigenvalue weighted by Crippen LogP contribution is 2.24. The largest absolute Gasteiger partial charge is 0.365 e. The molecule has 1 N–H and O–H groups in total. The molecule has 1 aromatic heterocycles. The summed E-state index contributed by atoms with van der Waals surface area (Å²) in [6, 6.07) is 2.74. The average molecular weight is 276 g/mol. The lowest BCUT2D eigenvalue weighted by Gasteiger charge is -2.23. The molecule has 1 aliphatic rings. The molecule has 2 heterocycles. The molecule has 0 amide bonds. The molecule has 0 spiro atoms. The zero-order chi connectivity index (χ0) is 13.7. The Bertz CT molecular complexity index is 475. The number of anilines is 1. The van der Waals surface area contributed by atoms with E-state index in [-0.39, 0.29) is 0 Å². The number of aromatic nitrogens is 2. The summed E-state index contributed by atoms with van der Waals surface area (Å²) < 4.78 is 0. The molecular weight excluding hydrogens is 256 g/mol. The van der Waals surface area contributed by atoms with Crippen LogP contribution in [0.3, 0.4) is 0 Å². The Hall–Kier alpha value is -1.28. The third-order valence-corrected chi connectivity index (χ3v) is 4.57. The van der Waals surface area contributed by atoms with Crippen LogP contribution >= 0.6 is 11.8 Å². The molecule has 1 saturated heterocycles. The fourth-order valence-electron chi connectivity index (χ4n) is 2.43. The Morgan fingerprint density at radius 1 is 1.26 bits per heavy atom. The van der Waals surface area contributed by atoms with Gasteiger partial charge in [0.15, 0.2) is 5.82 Å². The Balaban J connectivity index is 2.27. The lowest BCUT2D eigenvalue weighted by Crippen LogP contribution is -2.26. The number of hydrogen-bond acceptors (Lipinski definition) is 5. The van der Waals surface area contributed by atoms with Gasteiger partial charge in [0.05, 0.1) is 5.69 Å². The number of nitrogens with one attached hydrogen (secondary N) is 1. The second-order valence-corrected chi connectivity index (χ2v) is 5.92. The van der Waals surface area contributed by atoms with Gasteiger partial charge < -0.3 is 5.32 Å². The maximum Gasteiger partial charge on any atom is 0.167 e. The van der Waals surface area contributed by atoms with Crippen LogP contribution in [0.1, 0.15) is 43.5 Å². The summed E-state index contributed by atoms with van der Waals surface area (Å²) in [4.78, 5) is 0. The molecule has 1 aliphatic heterocycles. The van der Waals surface area contributed by atoms with Gasteiger partial charge in [0, 0.05) is 6.04 Å². The normalized spacial score (nSPS) is 16.1. The van der Waals surface area contributed by atoms with Crippen molar-refractivity contribution in [1.29, 1.82) is 5.26 Å². The van der Waals surface area contributed by atoms with Crippen molar-refractivity contribution in [3.05, 3.63) is 16.8 Å². The van der Waals surface area contributed by atoms with E-state index in [9.17, 15) is 5.26 Å². The number of nitriles is 1. The van der Waals surface area contributed by atoms with Gasteiger partial charge in [0.1, 0.15) is 11.6 Å². The SMILES string of the molecule is CCc1nnc(NC2CCSCC2)c(C#N)c1CC. The predicted molar refractivity (Wildman–Crippen MR) is 79.5 cm³/mol. The fraction of sp³-hybridized carbons (Fsp3) is 0.643. The summed E-state index contributed by atoms with van der Waals surface area (Å²) >= 11 is 1.99. The van der Waals surface area contributed by atoms with Crippen LogP contribution in [0.2, 0.25) is 0 Å². The van der Waals surface area contributed by atoms with Gasteiger partial charge >= 0.3 is 0 Å². The van der Waals surface area contributed by atoms with E-state index in [0.717, 1.165) is 36.9 Å². The fourth-order valence-corrected chi connectivity index (χ4v) is 3.54. The second kappa shape index (κ2) is 6.76. The van der Waals surface area contributed by atoms with Crippen LogP contribution in [0.4, 0.5) is 5.82 Å². The molecule has 0 saturated carbocycles. The van der Waals surface area contributed by atoms with E-state index in [2.05, 4.69) is 35.4 Å². The Morgan fingerprint density at radius 3 is 2.58 bits per heavy atom. The molecule has 0 bridgehead atoms. The first-order chi connectivity index (χ1) is 9.30. The molecule has 4 nitrogen and oxygen atoms in total. The highest BCUT2D eigenvalue weighted by molar-refractivity contribution is 7.99. The van der Waals surface area contributed by atoms with Crippen molar-refractivity contribution in [2.24, 2.45) is 0 Å². The van der Waals surface area contributed by atoms with E-state index >= 15 is 0 Å². The Kier molecular flexibility index (Phi) is 5.03. The first-order valence-electron chi connectivity index (χ1n) is 6.92. The molecule has 0 unspecified atom stereocenters. The van der Waals surface area contributed by atoms with Gasteiger partial charge in [-0.3, -0.25) is 0 Å². The van der Waals surface area contributed by atoms with Gasteiger partial charge in [0.25, 0.3) is 0 Å². The second-order valence-electron chi connectivity index (χ2n) is 4.70. The summed E-state index contributed by atoms with van der Waals surface area (Å²) in [6.07, 6.45) is 3.92. The van der Waals surface area contributed by atoms with Crippen molar-refractivity contribution in [3.63, 3.8) is 0 Å². The molecule has 0 radical (unpaired) electrons. The summed E-state index contributed by atoms with van der Waals surface area (Å²) in [6.45, 7) is 4.12. The van der Waals surface area contributed by atoms with Crippen LogP contribution in [-0.2, 0) is 12.8 Å². The van der Waals surface area contributed by atoms with Crippen LogP contribution in [0.25, 0.3) is 0 Å². The number of nitrogens with zero attached hydrogens (tertiary/aromatic N) is 3. The third kappa shape index (κ3) is 3.19. The first-order valence-corrected chi connectivity index (χ1v) is 8.08. The smallest absolute Gasteiger partial charge is 0.167 e. The zero-order valence-corrected chi connectivity index (χ0v) is 12.4. The molecule has 102 valence electrons.